The molecule has 3 nitrogen and oxygen atoms in total. The third kappa shape index (κ3) is 3.38. The zero-order chi connectivity index (χ0) is 16.6. The zero-order valence-electron chi connectivity index (χ0n) is 12.2. The highest BCUT2D eigenvalue weighted by molar-refractivity contribution is 6.35. The van der Waals surface area contributed by atoms with Gasteiger partial charge in [0.25, 0.3) is 0 Å². The number of rotatable bonds is 3. The van der Waals surface area contributed by atoms with Crippen LogP contribution < -0.4 is 0 Å². The van der Waals surface area contributed by atoms with Crippen LogP contribution in [0.4, 0.5) is 0 Å². The third-order valence-electron chi connectivity index (χ3n) is 3.43. The Balaban J connectivity index is 2.20. The van der Waals surface area contributed by atoms with E-state index in [1.165, 1.54) is 0 Å². The van der Waals surface area contributed by atoms with Crippen LogP contribution in [-0.4, -0.2) is 14.9 Å². The smallest absolute Gasteiger partial charge is 0.0950 e. The van der Waals surface area contributed by atoms with E-state index >= 15 is 0 Å². The molecule has 23 heavy (non-hydrogen) atoms. The van der Waals surface area contributed by atoms with Gasteiger partial charge in [0.15, 0.2) is 0 Å². The molecule has 0 aliphatic heterocycles. The molecular weight excluding hydrogens is 355 g/mol. The molecule has 1 N–H and O–H groups in total. The molecule has 0 saturated heterocycles. The Bertz CT molecular complexity index is 842. The second kappa shape index (κ2) is 6.54. The Labute approximate surface area is 149 Å². The average Bonchev–Trinajstić information content (AvgIpc) is 2.93. The Morgan fingerprint density at radius 3 is 2.22 bits per heavy atom. The van der Waals surface area contributed by atoms with Gasteiger partial charge in [-0.1, -0.05) is 46.9 Å². The van der Waals surface area contributed by atoms with Gasteiger partial charge in [0.2, 0.25) is 0 Å². The summed E-state index contributed by atoms with van der Waals surface area (Å²) in [4.78, 5) is 0. The van der Waals surface area contributed by atoms with Crippen LogP contribution >= 0.6 is 34.8 Å². The van der Waals surface area contributed by atoms with Crippen LogP contribution in [0, 0.1) is 0 Å². The molecule has 2 aromatic carbocycles. The summed E-state index contributed by atoms with van der Waals surface area (Å²) in [5, 5.41) is 16.0. The lowest BCUT2D eigenvalue weighted by Gasteiger charge is -2.10. The van der Waals surface area contributed by atoms with Crippen molar-refractivity contribution in [1.29, 1.82) is 0 Å². The topological polar surface area (TPSA) is 38.0 Å². The molecule has 3 aromatic rings. The predicted octanol–water partition coefficient (Wildman–Crippen LogP) is 5.55. The second-order valence-corrected chi connectivity index (χ2v) is 6.42. The Morgan fingerprint density at radius 1 is 0.957 bits per heavy atom. The molecule has 0 bridgehead atoms. The predicted molar refractivity (Wildman–Crippen MR) is 94.7 cm³/mol. The first-order valence-corrected chi connectivity index (χ1v) is 8.08. The van der Waals surface area contributed by atoms with Crippen molar-refractivity contribution in [2.24, 2.45) is 0 Å². The van der Waals surface area contributed by atoms with E-state index in [9.17, 15) is 5.11 Å². The maximum absolute atomic E-state index is 9.86. The molecule has 1 heterocycles. The summed E-state index contributed by atoms with van der Waals surface area (Å²) in [7, 11) is 0. The number of hydrogen-bond donors (Lipinski definition) is 1. The van der Waals surface area contributed by atoms with E-state index in [0.29, 0.717) is 26.4 Å². The van der Waals surface area contributed by atoms with E-state index < -0.39 is 6.10 Å². The highest BCUT2D eigenvalue weighted by atomic mass is 35.5. The molecule has 0 amide bonds. The SMILES string of the molecule is CC(O)c1cc(-c2ccc(Cl)cc2)n(-c2ccc(Cl)cc2Cl)n1. The third-order valence-corrected chi connectivity index (χ3v) is 4.22. The lowest BCUT2D eigenvalue weighted by atomic mass is 10.1. The molecule has 3 rings (SSSR count). The minimum absolute atomic E-state index is 0.480. The van der Waals surface area contributed by atoms with Crippen molar-refractivity contribution < 1.29 is 5.11 Å². The maximum Gasteiger partial charge on any atom is 0.0950 e. The van der Waals surface area contributed by atoms with Crippen LogP contribution in [0.25, 0.3) is 16.9 Å². The first-order valence-electron chi connectivity index (χ1n) is 6.95. The molecule has 118 valence electrons. The fourth-order valence-corrected chi connectivity index (χ4v) is 2.88. The van der Waals surface area contributed by atoms with Gasteiger partial charge in [0.05, 0.1) is 28.2 Å². The second-order valence-electron chi connectivity index (χ2n) is 5.14. The summed E-state index contributed by atoms with van der Waals surface area (Å²) in [5.41, 5.74) is 2.97. The fourth-order valence-electron chi connectivity index (χ4n) is 2.27. The van der Waals surface area contributed by atoms with Crippen molar-refractivity contribution in [1.82, 2.24) is 9.78 Å². The van der Waals surface area contributed by atoms with E-state index in [2.05, 4.69) is 5.10 Å². The van der Waals surface area contributed by atoms with Crippen molar-refractivity contribution in [3.8, 4) is 16.9 Å². The van der Waals surface area contributed by atoms with E-state index in [1.807, 2.05) is 18.2 Å². The summed E-state index contributed by atoms with van der Waals surface area (Å²) in [6, 6.07) is 14.4. The molecule has 0 aliphatic rings. The zero-order valence-corrected chi connectivity index (χ0v) is 14.4. The van der Waals surface area contributed by atoms with E-state index in [4.69, 9.17) is 34.8 Å². The highest BCUT2D eigenvalue weighted by Crippen LogP contribution is 2.31. The summed E-state index contributed by atoms with van der Waals surface area (Å²) in [6.07, 6.45) is -0.687. The van der Waals surface area contributed by atoms with Crippen molar-refractivity contribution in [2.45, 2.75) is 13.0 Å². The number of aliphatic hydroxyl groups is 1. The van der Waals surface area contributed by atoms with E-state index in [1.54, 1.807) is 41.9 Å². The highest BCUT2D eigenvalue weighted by Gasteiger charge is 2.16. The lowest BCUT2D eigenvalue weighted by Crippen LogP contribution is -2.01. The minimum Gasteiger partial charge on any atom is -0.387 e. The summed E-state index contributed by atoms with van der Waals surface area (Å²) in [6.45, 7) is 1.67. The fraction of sp³-hybridized carbons (Fsp3) is 0.118. The van der Waals surface area contributed by atoms with E-state index in [0.717, 1.165) is 11.3 Å². The summed E-state index contributed by atoms with van der Waals surface area (Å²) < 4.78 is 1.70. The van der Waals surface area contributed by atoms with Crippen LogP contribution in [0.1, 0.15) is 18.7 Å². The van der Waals surface area contributed by atoms with E-state index in [-0.39, 0.29) is 0 Å². The van der Waals surface area contributed by atoms with Crippen LogP contribution in [0.15, 0.2) is 48.5 Å². The molecule has 1 unspecified atom stereocenters. The van der Waals surface area contributed by atoms with Crippen LogP contribution in [0.5, 0.6) is 0 Å². The Hall–Kier alpha value is -1.52. The van der Waals surface area contributed by atoms with Crippen molar-refractivity contribution >= 4 is 34.8 Å². The van der Waals surface area contributed by atoms with Gasteiger partial charge >= 0.3 is 0 Å². The quantitative estimate of drug-likeness (QED) is 0.659. The average molecular weight is 368 g/mol. The number of hydrogen-bond acceptors (Lipinski definition) is 2. The summed E-state index contributed by atoms with van der Waals surface area (Å²) in [5.74, 6) is 0. The number of aromatic nitrogens is 2. The normalized spacial score (nSPS) is 12.4. The van der Waals surface area contributed by atoms with Crippen molar-refractivity contribution in [2.75, 3.05) is 0 Å². The molecule has 0 fully saturated rings. The molecule has 0 spiro atoms. The molecule has 0 radical (unpaired) electrons. The van der Waals surface area contributed by atoms with Crippen molar-refractivity contribution in [3.63, 3.8) is 0 Å². The van der Waals surface area contributed by atoms with Crippen LogP contribution in [0.2, 0.25) is 15.1 Å². The minimum atomic E-state index is -0.687. The van der Waals surface area contributed by atoms with Gasteiger partial charge in [0, 0.05) is 15.6 Å². The number of benzene rings is 2. The van der Waals surface area contributed by atoms with Gasteiger partial charge in [-0.2, -0.15) is 5.10 Å². The van der Waals surface area contributed by atoms with Gasteiger partial charge in [-0.05, 0) is 43.3 Å². The first kappa shape index (κ1) is 16.3. The lowest BCUT2D eigenvalue weighted by molar-refractivity contribution is 0.193. The van der Waals surface area contributed by atoms with Gasteiger partial charge < -0.3 is 5.11 Å². The number of halogens is 3. The Morgan fingerprint density at radius 2 is 1.61 bits per heavy atom. The molecule has 6 heteroatoms. The van der Waals surface area contributed by atoms with Gasteiger partial charge in [0.1, 0.15) is 0 Å². The molecule has 1 aromatic heterocycles. The number of nitrogens with zero attached hydrogens (tertiary/aromatic N) is 2. The molecule has 0 aliphatic carbocycles. The number of aliphatic hydroxyl groups excluding tert-OH is 1. The van der Waals surface area contributed by atoms with Crippen LogP contribution in [0.3, 0.4) is 0 Å². The molecule has 1 atom stereocenters. The summed E-state index contributed by atoms with van der Waals surface area (Å²) >= 11 is 18.2. The van der Waals surface area contributed by atoms with Crippen LogP contribution in [-0.2, 0) is 0 Å². The largest absolute Gasteiger partial charge is 0.387 e. The van der Waals surface area contributed by atoms with Gasteiger partial charge in [-0.15, -0.1) is 0 Å². The standard InChI is InChI=1S/C17H13Cl3N2O/c1-10(23)15-9-17(11-2-4-12(18)5-3-11)22(21-15)16-7-6-13(19)8-14(16)20/h2-10,23H,1H3. The molecular formula is C17H13Cl3N2O. The Kier molecular flexibility index (Phi) is 4.64. The monoisotopic (exact) mass is 366 g/mol. The van der Waals surface area contributed by atoms with Gasteiger partial charge in [-0.3, -0.25) is 0 Å². The maximum atomic E-state index is 9.86. The van der Waals surface area contributed by atoms with Crippen molar-refractivity contribution in [3.05, 3.63) is 69.3 Å². The molecule has 0 saturated carbocycles. The van der Waals surface area contributed by atoms with Gasteiger partial charge in [-0.25, -0.2) is 4.68 Å². The first-order chi connectivity index (χ1) is 11.0.